The van der Waals surface area contributed by atoms with Crippen LogP contribution >= 0.6 is 15.9 Å². The highest BCUT2D eigenvalue weighted by molar-refractivity contribution is 9.10. The fourth-order valence-corrected chi connectivity index (χ4v) is 2.03. The normalized spacial score (nSPS) is 10.2. The monoisotopic (exact) mass is 318 g/mol. The third-order valence-electron chi connectivity index (χ3n) is 2.73. The summed E-state index contributed by atoms with van der Waals surface area (Å²) in [7, 11) is 0. The van der Waals surface area contributed by atoms with Gasteiger partial charge >= 0.3 is 0 Å². The van der Waals surface area contributed by atoms with E-state index in [4.69, 9.17) is 0 Å². The van der Waals surface area contributed by atoms with Crippen molar-refractivity contribution in [3.63, 3.8) is 0 Å². The van der Waals surface area contributed by atoms with Gasteiger partial charge in [-0.05, 0) is 47.0 Å². The third kappa shape index (κ3) is 4.48. The van der Waals surface area contributed by atoms with E-state index >= 15 is 0 Å². The molecule has 0 aliphatic heterocycles. The molecule has 0 aliphatic carbocycles. The second kappa shape index (κ2) is 6.48. The van der Waals surface area contributed by atoms with Crippen molar-refractivity contribution in [2.24, 2.45) is 0 Å². The van der Waals surface area contributed by atoms with Crippen molar-refractivity contribution in [2.75, 3.05) is 5.32 Å². The number of aromatic nitrogens is 1. The highest BCUT2D eigenvalue weighted by Gasteiger charge is 2.03. The van der Waals surface area contributed by atoms with E-state index in [0.717, 1.165) is 16.7 Å². The number of hydrogen-bond acceptors (Lipinski definition) is 2. The summed E-state index contributed by atoms with van der Waals surface area (Å²) in [5.74, 6) is 0.00521. The van der Waals surface area contributed by atoms with Crippen LogP contribution in [0.5, 0.6) is 0 Å². The highest BCUT2D eigenvalue weighted by atomic mass is 79.9. The number of nitrogens with zero attached hydrogens (tertiary/aromatic N) is 1. The Kier molecular flexibility index (Phi) is 4.68. The minimum atomic E-state index is 0.00521. The molecule has 0 fully saturated rings. The second-order valence-corrected chi connectivity index (χ2v) is 5.22. The lowest BCUT2D eigenvalue weighted by Gasteiger charge is -2.05. The van der Waals surface area contributed by atoms with Gasteiger partial charge in [0.05, 0.1) is 11.9 Å². The summed E-state index contributed by atoms with van der Waals surface area (Å²) in [4.78, 5) is 15.9. The molecule has 1 aromatic heterocycles. The molecular formula is C15H15BrN2O. The molecule has 19 heavy (non-hydrogen) atoms. The van der Waals surface area contributed by atoms with Gasteiger partial charge in [0.25, 0.3) is 0 Å². The quantitative estimate of drug-likeness (QED) is 0.873. The van der Waals surface area contributed by atoms with Crippen molar-refractivity contribution in [3.05, 3.63) is 58.3 Å². The van der Waals surface area contributed by atoms with Gasteiger partial charge < -0.3 is 5.32 Å². The summed E-state index contributed by atoms with van der Waals surface area (Å²) in [6.07, 6.45) is 2.85. The molecule has 2 rings (SSSR count). The Morgan fingerprint density at radius 2 is 2.16 bits per heavy atom. The van der Waals surface area contributed by atoms with Crippen LogP contribution in [0.3, 0.4) is 0 Å². The van der Waals surface area contributed by atoms with E-state index in [2.05, 4.69) is 45.3 Å². The smallest absolute Gasteiger partial charge is 0.224 e. The molecule has 0 aliphatic rings. The SMILES string of the molecule is Cc1cccc(CCC(=O)Nc2ccc(Br)nc2)c1. The summed E-state index contributed by atoms with van der Waals surface area (Å²) in [6.45, 7) is 2.05. The zero-order valence-corrected chi connectivity index (χ0v) is 12.3. The zero-order valence-electron chi connectivity index (χ0n) is 10.7. The number of halogens is 1. The molecule has 98 valence electrons. The number of aryl methyl sites for hydroxylation is 2. The highest BCUT2D eigenvalue weighted by Crippen LogP contribution is 2.11. The van der Waals surface area contributed by atoms with Gasteiger partial charge in [-0.25, -0.2) is 4.98 Å². The van der Waals surface area contributed by atoms with Crippen LogP contribution < -0.4 is 5.32 Å². The average molecular weight is 319 g/mol. The molecule has 0 bridgehead atoms. The predicted molar refractivity (Wildman–Crippen MR) is 80.1 cm³/mol. The van der Waals surface area contributed by atoms with Gasteiger partial charge in [0.15, 0.2) is 0 Å². The molecule has 4 heteroatoms. The number of carbonyl (C=O) groups excluding carboxylic acids is 1. The standard InChI is InChI=1S/C15H15BrN2O/c1-11-3-2-4-12(9-11)5-8-15(19)18-13-6-7-14(16)17-10-13/h2-4,6-7,9-10H,5,8H2,1H3,(H,18,19). The summed E-state index contributed by atoms with van der Waals surface area (Å²) >= 11 is 3.26. The van der Waals surface area contributed by atoms with Crippen LogP contribution in [-0.4, -0.2) is 10.9 Å². The molecule has 0 saturated heterocycles. The van der Waals surface area contributed by atoms with Crippen LogP contribution in [0.15, 0.2) is 47.2 Å². The number of pyridine rings is 1. The first-order valence-corrected chi connectivity index (χ1v) is 6.90. The summed E-state index contributed by atoms with van der Waals surface area (Å²) in [6, 6.07) is 11.8. The van der Waals surface area contributed by atoms with Crippen molar-refractivity contribution in [2.45, 2.75) is 19.8 Å². The van der Waals surface area contributed by atoms with Gasteiger partial charge in [0.2, 0.25) is 5.91 Å². The van der Waals surface area contributed by atoms with Gasteiger partial charge in [-0.2, -0.15) is 0 Å². The van der Waals surface area contributed by atoms with Crippen molar-refractivity contribution in [1.29, 1.82) is 0 Å². The van der Waals surface area contributed by atoms with Crippen molar-refractivity contribution in [1.82, 2.24) is 4.98 Å². The molecule has 1 amide bonds. The third-order valence-corrected chi connectivity index (χ3v) is 3.20. The molecule has 0 unspecified atom stereocenters. The molecule has 3 nitrogen and oxygen atoms in total. The van der Waals surface area contributed by atoms with E-state index in [1.54, 1.807) is 12.3 Å². The van der Waals surface area contributed by atoms with E-state index in [-0.39, 0.29) is 5.91 Å². The molecule has 1 N–H and O–H groups in total. The van der Waals surface area contributed by atoms with Crippen LogP contribution in [-0.2, 0) is 11.2 Å². The lowest BCUT2D eigenvalue weighted by atomic mass is 10.1. The molecule has 0 radical (unpaired) electrons. The first kappa shape index (κ1) is 13.7. The lowest BCUT2D eigenvalue weighted by molar-refractivity contribution is -0.116. The molecular weight excluding hydrogens is 304 g/mol. The molecule has 0 spiro atoms. The summed E-state index contributed by atoms with van der Waals surface area (Å²) in [5.41, 5.74) is 3.12. The van der Waals surface area contributed by atoms with Crippen LogP contribution in [0.4, 0.5) is 5.69 Å². The van der Waals surface area contributed by atoms with Gasteiger partial charge in [-0.1, -0.05) is 29.8 Å². The minimum absolute atomic E-state index is 0.00521. The topological polar surface area (TPSA) is 42.0 Å². The van der Waals surface area contributed by atoms with Crippen molar-refractivity contribution < 1.29 is 4.79 Å². The fraction of sp³-hybridized carbons (Fsp3) is 0.200. The Balaban J connectivity index is 1.86. The van der Waals surface area contributed by atoms with Crippen LogP contribution in [0.2, 0.25) is 0 Å². The van der Waals surface area contributed by atoms with Crippen LogP contribution in [0.25, 0.3) is 0 Å². The molecule has 0 saturated carbocycles. The van der Waals surface area contributed by atoms with Gasteiger partial charge in [-0.3, -0.25) is 4.79 Å². The van der Waals surface area contributed by atoms with Crippen molar-refractivity contribution in [3.8, 4) is 0 Å². The maximum atomic E-state index is 11.8. The van der Waals surface area contributed by atoms with E-state index in [1.165, 1.54) is 11.1 Å². The number of amides is 1. The number of hydrogen-bond donors (Lipinski definition) is 1. The summed E-state index contributed by atoms with van der Waals surface area (Å²) < 4.78 is 0.755. The van der Waals surface area contributed by atoms with Crippen LogP contribution in [0.1, 0.15) is 17.5 Å². The molecule has 0 atom stereocenters. The summed E-state index contributed by atoms with van der Waals surface area (Å²) in [5, 5.41) is 2.83. The maximum Gasteiger partial charge on any atom is 0.224 e. The maximum absolute atomic E-state index is 11.8. The fourth-order valence-electron chi connectivity index (χ4n) is 1.80. The average Bonchev–Trinajstić information content (AvgIpc) is 2.39. The number of nitrogens with one attached hydrogen (secondary N) is 1. The molecule has 2 aromatic rings. The lowest BCUT2D eigenvalue weighted by Crippen LogP contribution is -2.12. The Hall–Kier alpha value is -1.68. The minimum Gasteiger partial charge on any atom is -0.325 e. The Labute approximate surface area is 121 Å². The molecule has 1 aromatic carbocycles. The van der Waals surface area contributed by atoms with E-state index in [9.17, 15) is 4.79 Å². The first-order valence-electron chi connectivity index (χ1n) is 6.10. The number of anilines is 1. The van der Waals surface area contributed by atoms with Gasteiger partial charge in [0, 0.05) is 6.42 Å². The predicted octanol–water partition coefficient (Wildman–Crippen LogP) is 3.72. The number of benzene rings is 1. The Morgan fingerprint density at radius 3 is 2.84 bits per heavy atom. The Morgan fingerprint density at radius 1 is 1.32 bits per heavy atom. The van der Waals surface area contributed by atoms with Crippen molar-refractivity contribution >= 4 is 27.5 Å². The van der Waals surface area contributed by atoms with Crippen LogP contribution in [0, 0.1) is 6.92 Å². The van der Waals surface area contributed by atoms with Gasteiger partial charge in [0.1, 0.15) is 4.60 Å². The van der Waals surface area contributed by atoms with E-state index < -0.39 is 0 Å². The Bertz CT molecular complexity index is 567. The molecule has 1 heterocycles. The number of rotatable bonds is 4. The second-order valence-electron chi connectivity index (χ2n) is 4.41. The van der Waals surface area contributed by atoms with E-state index in [0.29, 0.717) is 6.42 Å². The largest absolute Gasteiger partial charge is 0.325 e. The van der Waals surface area contributed by atoms with Gasteiger partial charge in [-0.15, -0.1) is 0 Å². The first-order chi connectivity index (χ1) is 9.13. The van der Waals surface area contributed by atoms with E-state index in [1.807, 2.05) is 18.2 Å². The number of carbonyl (C=O) groups is 1. The zero-order chi connectivity index (χ0) is 13.7.